The third-order valence-corrected chi connectivity index (χ3v) is 5.64. The molecule has 1 fully saturated rings. The van der Waals surface area contributed by atoms with Gasteiger partial charge >= 0.3 is 7.12 Å². The van der Waals surface area contributed by atoms with Crippen LogP contribution in [0.3, 0.4) is 0 Å². The summed E-state index contributed by atoms with van der Waals surface area (Å²) in [7, 11) is -0.316. The Morgan fingerprint density at radius 2 is 2.00 bits per heavy atom. The van der Waals surface area contributed by atoms with Crippen molar-refractivity contribution in [3.05, 3.63) is 29.5 Å². The molecule has 2 aromatic rings. The van der Waals surface area contributed by atoms with Crippen LogP contribution in [0, 0.1) is 6.92 Å². The van der Waals surface area contributed by atoms with Crippen molar-refractivity contribution in [2.24, 2.45) is 0 Å². The normalized spacial score (nSPS) is 19.0. The van der Waals surface area contributed by atoms with Gasteiger partial charge in [0.05, 0.1) is 13.2 Å². The number of hydrogen-bond donors (Lipinski definition) is 2. The Labute approximate surface area is 165 Å². The first-order valence-corrected chi connectivity index (χ1v) is 10.2. The van der Waals surface area contributed by atoms with Gasteiger partial charge in [-0.2, -0.15) is 4.98 Å². The fourth-order valence-electron chi connectivity index (χ4n) is 4.17. The van der Waals surface area contributed by atoms with Gasteiger partial charge in [-0.05, 0) is 31.4 Å². The number of rotatable bonds is 4. The predicted molar refractivity (Wildman–Crippen MR) is 109 cm³/mol. The fraction of sp³-hybridized carbons (Fsp3) is 0.500. The van der Waals surface area contributed by atoms with E-state index in [1.165, 1.54) is 32.1 Å². The average Bonchev–Trinajstić information content (AvgIpc) is 3.00. The molecule has 0 radical (unpaired) electrons. The van der Waals surface area contributed by atoms with Crippen LogP contribution in [0.25, 0.3) is 0 Å². The van der Waals surface area contributed by atoms with Gasteiger partial charge in [-0.1, -0.05) is 19.3 Å². The molecule has 1 saturated carbocycles. The molecule has 28 heavy (non-hydrogen) atoms. The Kier molecular flexibility index (Phi) is 4.82. The van der Waals surface area contributed by atoms with Gasteiger partial charge < -0.3 is 24.7 Å². The molecule has 3 aliphatic rings. The molecule has 3 heterocycles. The van der Waals surface area contributed by atoms with Crippen LogP contribution in [0.15, 0.2) is 18.3 Å². The van der Waals surface area contributed by atoms with Crippen molar-refractivity contribution in [2.75, 3.05) is 23.8 Å². The van der Waals surface area contributed by atoms with Crippen molar-refractivity contribution in [1.29, 1.82) is 0 Å². The third kappa shape index (κ3) is 3.54. The second kappa shape index (κ2) is 7.60. The quantitative estimate of drug-likeness (QED) is 0.790. The molecule has 0 spiro atoms. The van der Waals surface area contributed by atoms with Gasteiger partial charge in [0.2, 0.25) is 5.95 Å². The summed E-state index contributed by atoms with van der Waals surface area (Å²) in [4.78, 5) is 9.19. The van der Waals surface area contributed by atoms with Gasteiger partial charge in [0.25, 0.3) is 0 Å². The molecular formula is C20H25BN4O3. The highest BCUT2D eigenvalue weighted by Crippen LogP contribution is 2.28. The van der Waals surface area contributed by atoms with Crippen molar-refractivity contribution in [3.63, 3.8) is 0 Å². The Morgan fingerprint density at radius 3 is 2.89 bits per heavy atom. The van der Waals surface area contributed by atoms with E-state index in [2.05, 4.69) is 21.7 Å². The molecular weight excluding hydrogens is 355 g/mol. The summed E-state index contributed by atoms with van der Waals surface area (Å²) in [5.41, 5.74) is 4.05. The van der Waals surface area contributed by atoms with Gasteiger partial charge in [0, 0.05) is 35.0 Å². The molecule has 1 aromatic carbocycles. The standard InChI is InChI=1S/C20H25BN4O3/c1-13-11-22-20(25-19(13)23-15-5-3-2-4-6-15)24-16-9-14-12-28-21-18(14)17(10-16)26-7-8-27-21/h9-11,15H,2-8,12H2,1H3,(H2,22,23,24,25). The molecule has 0 unspecified atom stereocenters. The molecule has 0 saturated heterocycles. The van der Waals surface area contributed by atoms with E-state index in [9.17, 15) is 0 Å². The summed E-state index contributed by atoms with van der Waals surface area (Å²) in [6.07, 6.45) is 8.20. The minimum atomic E-state index is -0.316. The highest BCUT2D eigenvalue weighted by atomic mass is 16.6. The van der Waals surface area contributed by atoms with Crippen LogP contribution in [-0.2, 0) is 15.9 Å². The summed E-state index contributed by atoms with van der Waals surface area (Å²) in [6, 6.07) is 4.55. The monoisotopic (exact) mass is 380 g/mol. The first-order chi connectivity index (χ1) is 13.8. The van der Waals surface area contributed by atoms with Crippen LogP contribution in [0.4, 0.5) is 17.5 Å². The Balaban J connectivity index is 1.38. The van der Waals surface area contributed by atoms with Crippen molar-refractivity contribution >= 4 is 30.0 Å². The summed E-state index contributed by atoms with van der Waals surface area (Å²) >= 11 is 0. The van der Waals surface area contributed by atoms with E-state index in [1.807, 2.05) is 19.2 Å². The molecule has 1 aromatic heterocycles. The number of aryl methyl sites for hydroxylation is 1. The second-order valence-corrected chi connectivity index (χ2v) is 7.74. The Hall–Kier alpha value is -2.32. The Bertz CT molecular complexity index is 873. The van der Waals surface area contributed by atoms with Crippen molar-refractivity contribution in [2.45, 2.75) is 51.7 Å². The molecule has 2 aliphatic heterocycles. The fourth-order valence-corrected chi connectivity index (χ4v) is 4.17. The van der Waals surface area contributed by atoms with Crippen LogP contribution in [0.5, 0.6) is 5.75 Å². The van der Waals surface area contributed by atoms with E-state index in [1.54, 1.807) is 0 Å². The van der Waals surface area contributed by atoms with Crippen LogP contribution in [0.2, 0.25) is 0 Å². The number of benzene rings is 1. The molecule has 5 rings (SSSR count). The highest BCUT2D eigenvalue weighted by molar-refractivity contribution is 6.64. The zero-order chi connectivity index (χ0) is 18.9. The number of aromatic nitrogens is 2. The first-order valence-electron chi connectivity index (χ1n) is 10.2. The van der Waals surface area contributed by atoms with Gasteiger partial charge in [-0.3, -0.25) is 0 Å². The van der Waals surface area contributed by atoms with E-state index < -0.39 is 0 Å². The third-order valence-electron chi connectivity index (χ3n) is 5.64. The molecule has 0 atom stereocenters. The molecule has 2 N–H and O–H groups in total. The summed E-state index contributed by atoms with van der Waals surface area (Å²) in [5, 5.41) is 6.94. The zero-order valence-electron chi connectivity index (χ0n) is 16.2. The molecule has 7 nitrogen and oxygen atoms in total. The lowest BCUT2D eigenvalue weighted by molar-refractivity contribution is 0.180. The summed E-state index contributed by atoms with van der Waals surface area (Å²) in [5.74, 6) is 2.31. The van der Waals surface area contributed by atoms with Crippen molar-refractivity contribution in [3.8, 4) is 5.75 Å². The predicted octanol–water partition coefficient (Wildman–Crippen LogP) is 2.91. The lowest BCUT2D eigenvalue weighted by Gasteiger charge is -2.24. The van der Waals surface area contributed by atoms with E-state index in [-0.39, 0.29) is 7.12 Å². The van der Waals surface area contributed by atoms with Crippen LogP contribution < -0.4 is 20.8 Å². The maximum atomic E-state index is 5.86. The minimum Gasteiger partial charge on any atom is -0.492 e. The van der Waals surface area contributed by atoms with Crippen molar-refractivity contribution < 1.29 is 14.0 Å². The SMILES string of the molecule is Cc1cnc(Nc2cc3c4c(c2)OCCOB4OC3)nc1NC1CCCCC1. The van der Waals surface area contributed by atoms with Crippen molar-refractivity contribution in [1.82, 2.24) is 9.97 Å². The van der Waals surface area contributed by atoms with E-state index in [0.29, 0.717) is 31.8 Å². The average molecular weight is 380 g/mol. The number of ether oxygens (including phenoxy) is 1. The Morgan fingerprint density at radius 1 is 1.11 bits per heavy atom. The molecule has 8 heteroatoms. The second-order valence-electron chi connectivity index (χ2n) is 7.74. The maximum absolute atomic E-state index is 5.86. The maximum Gasteiger partial charge on any atom is 0.498 e. The lowest BCUT2D eigenvalue weighted by Crippen LogP contribution is -2.31. The highest BCUT2D eigenvalue weighted by Gasteiger charge is 2.36. The van der Waals surface area contributed by atoms with Gasteiger partial charge in [-0.25, -0.2) is 4.98 Å². The summed E-state index contributed by atoms with van der Waals surface area (Å²) < 4.78 is 17.3. The minimum absolute atomic E-state index is 0.316. The number of nitrogens with one attached hydrogen (secondary N) is 2. The lowest BCUT2D eigenvalue weighted by atomic mass is 9.78. The first kappa shape index (κ1) is 17.8. The molecule has 1 aliphatic carbocycles. The zero-order valence-corrected chi connectivity index (χ0v) is 16.2. The molecule has 146 valence electrons. The number of nitrogens with zero attached hydrogens (tertiary/aromatic N) is 2. The number of hydrogen-bond acceptors (Lipinski definition) is 7. The largest absolute Gasteiger partial charge is 0.498 e. The smallest absolute Gasteiger partial charge is 0.492 e. The van der Waals surface area contributed by atoms with Crippen LogP contribution in [-0.4, -0.2) is 36.3 Å². The van der Waals surface area contributed by atoms with Crippen LogP contribution >= 0.6 is 0 Å². The van der Waals surface area contributed by atoms with Gasteiger partial charge in [0.1, 0.15) is 18.2 Å². The topological polar surface area (TPSA) is 77.5 Å². The van der Waals surface area contributed by atoms with Gasteiger partial charge in [0.15, 0.2) is 0 Å². The summed E-state index contributed by atoms with van der Waals surface area (Å²) in [6.45, 7) is 3.61. The van der Waals surface area contributed by atoms with Gasteiger partial charge in [-0.15, -0.1) is 0 Å². The van der Waals surface area contributed by atoms with E-state index >= 15 is 0 Å². The molecule has 0 amide bonds. The molecule has 0 bridgehead atoms. The van der Waals surface area contributed by atoms with E-state index in [4.69, 9.17) is 19.0 Å². The van der Waals surface area contributed by atoms with E-state index in [0.717, 1.165) is 33.8 Å². The van der Waals surface area contributed by atoms with Crippen LogP contribution in [0.1, 0.15) is 43.2 Å². The number of anilines is 3.